The largest absolute Gasteiger partial charge is 0.342 e. The van der Waals surface area contributed by atoms with Crippen LogP contribution in [0.15, 0.2) is 24.3 Å². The number of hydrogen-bond donors (Lipinski definition) is 1. The summed E-state index contributed by atoms with van der Waals surface area (Å²) in [5.41, 5.74) is 1.03. The molecule has 1 aromatic rings. The average Bonchev–Trinajstić information content (AvgIpc) is 2.52. The van der Waals surface area contributed by atoms with Gasteiger partial charge in [0.25, 0.3) is 0 Å². The van der Waals surface area contributed by atoms with Gasteiger partial charge < -0.3 is 10.2 Å². The first-order chi connectivity index (χ1) is 10.1. The van der Waals surface area contributed by atoms with Crippen molar-refractivity contribution in [3.8, 4) is 0 Å². The van der Waals surface area contributed by atoms with Crippen LogP contribution in [0.2, 0.25) is 5.02 Å². The molecule has 1 amide bonds. The van der Waals surface area contributed by atoms with E-state index in [0.717, 1.165) is 23.4 Å². The Kier molecular flexibility index (Phi) is 6.07. The number of carbonyl (C=O) groups excluding carboxylic acids is 1. The first-order valence-corrected chi connectivity index (χ1v) is 8.21. The van der Waals surface area contributed by atoms with Crippen molar-refractivity contribution < 1.29 is 4.79 Å². The van der Waals surface area contributed by atoms with Crippen molar-refractivity contribution in [1.82, 2.24) is 10.2 Å². The number of halogens is 1. The monoisotopic (exact) mass is 308 g/mol. The minimum atomic E-state index is 0.0717. The Morgan fingerprint density at radius 2 is 2.00 bits per heavy atom. The third-order valence-electron chi connectivity index (χ3n) is 4.45. The molecule has 0 heterocycles. The number of hydrogen-bond acceptors (Lipinski definition) is 2. The van der Waals surface area contributed by atoms with E-state index in [-0.39, 0.29) is 11.9 Å². The Hall–Kier alpha value is -1.06. The third kappa shape index (κ3) is 4.45. The third-order valence-corrected chi connectivity index (χ3v) is 4.79. The van der Waals surface area contributed by atoms with Gasteiger partial charge in [-0.1, -0.05) is 49.1 Å². The molecule has 1 saturated carbocycles. The number of nitrogens with zero attached hydrogens (tertiary/aromatic N) is 1. The van der Waals surface area contributed by atoms with Crippen LogP contribution in [-0.2, 0) is 4.79 Å². The van der Waals surface area contributed by atoms with E-state index in [2.05, 4.69) is 5.32 Å². The van der Waals surface area contributed by atoms with Crippen molar-refractivity contribution in [2.45, 2.75) is 51.1 Å². The van der Waals surface area contributed by atoms with Gasteiger partial charge >= 0.3 is 0 Å². The first-order valence-electron chi connectivity index (χ1n) is 7.83. The SMILES string of the molecule is CC(NCC(=O)N(C)C1CCCCC1)c1ccccc1Cl. The van der Waals surface area contributed by atoms with Gasteiger partial charge in [0.1, 0.15) is 0 Å². The van der Waals surface area contributed by atoms with Crippen LogP contribution in [0.1, 0.15) is 50.6 Å². The number of nitrogens with one attached hydrogen (secondary N) is 1. The Morgan fingerprint density at radius 1 is 1.33 bits per heavy atom. The molecule has 1 unspecified atom stereocenters. The number of benzene rings is 1. The van der Waals surface area contributed by atoms with E-state index in [9.17, 15) is 4.79 Å². The summed E-state index contributed by atoms with van der Waals surface area (Å²) in [7, 11) is 1.93. The molecule has 0 spiro atoms. The highest BCUT2D eigenvalue weighted by Gasteiger charge is 2.22. The fourth-order valence-corrected chi connectivity index (χ4v) is 3.27. The lowest BCUT2D eigenvalue weighted by molar-refractivity contribution is -0.131. The van der Waals surface area contributed by atoms with Crippen LogP contribution in [0.5, 0.6) is 0 Å². The van der Waals surface area contributed by atoms with E-state index < -0.39 is 0 Å². The first kappa shape index (κ1) is 16.3. The molecule has 4 heteroatoms. The van der Waals surface area contributed by atoms with Crippen LogP contribution < -0.4 is 5.32 Å². The molecule has 3 nitrogen and oxygen atoms in total. The molecule has 2 rings (SSSR count). The van der Waals surface area contributed by atoms with Gasteiger partial charge in [-0.3, -0.25) is 4.79 Å². The minimum Gasteiger partial charge on any atom is -0.342 e. The maximum atomic E-state index is 12.3. The molecule has 21 heavy (non-hydrogen) atoms. The van der Waals surface area contributed by atoms with Crippen LogP contribution in [0.25, 0.3) is 0 Å². The maximum Gasteiger partial charge on any atom is 0.236 e. The Morgan fingerprint density at radius 3 is 2.67 bits per heavy atom. The summed E-state index contributed by atoms with van der Waals surface area (Å²) in [6.07, 6.45) is 6.07. The second kappa shape index (κ2) is 7.81. The van der Waals surface area contributed by atoms with Crippen molar-refractivity contribution in [2.75, 3.05) is 13.6 Å². The predicted molar refractivity (Wildman–Crippen MR) is 87.5 cm³/mol. The van der Waals surface area contributed by atoms with Gasteiger partial charge in [0, 0.05) is 24.2 Å². The van der Waals surface area contributed by atoms with Crippen molar-refractivity contribution in [1.29, 1.82) is 0 Å². The molecule has 0 saturated heterocycles. The molecule has 1 N–H and O–H groups in total. The van der Waals surface area contributed by atoms with Crippen LogP contribution in [0.3, 0.4) is 0 Å². The van der Waals surface area contributed by atoms with Gasteiger partial charge in [0.2, 0.25) is 5.91 Å². The summed E-state index contributed by atoms with van der Waals surface area (Å²) in [5.74, 6) is 0.167. The van der Waals surface area contributed by atoms with Crippen LogP contribution in [-0.4, -0.2) is 30.4 Å². The highest BCUT2D eigenvalue weighted by Crippen LogP contribution is 2.23. The smallest absolute Gasteiger partial charge is 0.236 e. The summed E-state index contributed by atoms with van der Waals surface area (Å²) < 4.78 is 0. The van der Waals surface area contributed by atoms with E-state index in [1.165, 1.54) is 19.3 Å². The lowest BCUT2D eigenvalue weighted by atomic mass is 9.94. The van der Waals surface area contributed by atoms with E-state index in [4.69, 9.17) is 11.6 Å². The second-order valence-corrected chi connectivity index (χ2v) is 6.33. The molecule has 1 fully saturated rings. The molecule has 0 aromatic heterocycles. The van der Waals surface area contributed by atoms with Crippen molar-refractivity contribution in [2.24, 2.45) is 0 Å². The van der Waals surface area contributed by atoms with Crippen LogP contribution >= 0.6 is 11.6 Å². The fourth-order valence-electron chi connectivity index (χ4n) is 2.97. The quantitative estimate of drug-likeness (QED) is 0.897. The van der Waals surface area contributed by atoms with Gasteiger partial charge in [-0.15, -0.1) is 0 Å². The lowest BCUT2D eigenvalue weighted by Crippen LogP contribution is -2.43. The fraction of sp³-hybridized carbons (Fsp3) is 0.588. The average molecular weight is 309 g/mol. The highest BCUT2D eigenvalue weighted by atomic mass is 35.5. The normalized spacial score (nSPS) is 17.5. The Bertz CT molecular complexity index is 472. The summed E-state index contributed by atoms with van der Waals surface area (Å²) in [6, 6.07) is 8.25. The van der Waals surface area contributed by atoms with E-state index in [1.54, 1.807) is 0 Å². The zero-order valence-corrected chi connectivity index (χ0v) is 13.7. The van der Waals surface area contributed by atoms with Gasteiger partial charge in [-0.05, 0) is 31.4 Å². The lowest BCUT2D eigenvalue weighted by Gasteiger charge is -2.31. The Balaban J connectivity index is 1.84. The van der Waals surface area contributed by atoms with Crippen molar-refractivity contribution >= 4 is 17.5 Å². The summed E-state index contributed by atoms with van der Waals surface area (Å²) in [6.45, 7) is 2.40. The molecule has 116 valence electrons. The predicted octanol–water partition coefficient (Wildman–Crippen LogP) is 3.78. The van der Waals surface area contributed by atoms with Crippen LogP contribution in [0.4, 0.5) is 0 Å². The van der Waals surface area contributed by atoms with Gasteiger partial charge in [0.05, 0.1) is 6.54 Å². The number of rotatable bonds is 5. The van der Waals surface area contributed by atoms with Gasteiger partial charge in [-0.2, -0.15) is 0 Å². The molecule has 1 aliphatic carbocycles. The number of carbonyl (C=O) groups is 1. The molecular formula is C17H25ClN2O. The van der Waals surface area contributed by atoms with E-state index >= 15 is 0 Å². The maximum absolute atomic E-state index is 12.3. The van der Waals surface area contributed by atoms with Crippen molar-refractivity contribution in [3.05, 3.63) is 34.9 Å². The zero-order valence-electron chi connectivity index (χ0n) is 12.9. The topological polar surface area (TPSA) is 32.3 Å². The molecular weight excluding hydrogens is 284 g/mol. The van der Waals surface area contributed by atoms with Gasteiger partial charge in [-0.25, -0.2) is 0 Å². The molecule has 1 atom stereocenters. The highest BCUT2D eigenvalue weighted by molar-refractivity contribution is 6.31. The Labute approximate surface area is 132 Å². The molecule has 1 aliphatic rings. The van der Waals surface area contributed by atoms with Crippen molar-refractivity contribution in [3.63, 3.8) is 0 Å². The van der Waals surface area contributed by atoms with E-state index in [1.807, 2.05) is 43.1 Å². The minimum absolute atomic E-state index is 0.0717. The summed E-state index contributed by atoms with van der Waals surface area (Å²) in [4.78, 5) is 14.2. The second-order valence-electron chi connectivity index (χ2n) is 5.92. The number of amides is 1. The summed E-state index contributed by atoms with van der Waals surface area (Å²) in [5, 5.41) is 4.03. The van der Waals surface area contributed by atoms with E-state index in [0.29, 0.717) is 12.6 Å². The molecule has 0 bridgehead atoms. The summed E-state index contributed by atoms with van der Waals surface area (Å²) >= 11 is 6.18. The standard InChI is InChI=1S/C17H25ClN2O/c1-13(15-10-6-7-11-16(15)18)19-12-17(21)20(2)14-8-4-3-5-9-14/h6-7,10-11,13-14,19H,3-5,8-9,12H2,1-2H3. The molecule has 0 radical (unpaired) electrons. The van der Waals surface area contributed by atoms with Crippen LogP contribution in [0, 0.1) is 0 Å². The number of likely N-dealkylation sites (N-methyl/N-ethyl adjacent to an activating group) is 1. The zero-order chi connectivity index (χ0) is 15.2. The molecule has 1 aromatic carbocycles. The molecule has 0 aliphatic heterocycles. The van der Waals surface area contributed by atoms with Gasteiger partial charge in [0.15, 0.2) is 0 Å².